The maximum Gasteiger partial charge on any atom is 0.407 e. The van der Waals surface area contributed by atoms with Crippen LogP contribution in [0.15, 0.2) is 59.4 Å². The molecule has 1 fully saturated rings. The van der Waals surface area contributed by atoms with Gasteiger partial charge < -0.3 is 25.0 Å². The van der Waals surface area contributed by atoms with Crippen LogP contribution in [0.4, 0.5) is 21.0 Å². The molecule has 1 aliphatic rings. The molecule has 0 radical (unpaired) electrons. The summed E-state index contributed by atoms with van der Waals surface area (Å²) in [7, 11) is 1.62. The molecule has 14 heteroatoms. The number of anilines is 2. The standard InChI is InChI=1S/C38H42ClFN8O4/c1-20(2)30-33(31(21(3)4)44-36(43-30)41-17-24-12-14-25(52-7)15-13-24)48-35-27(16-28(39)32(42-35)26-10-8-9-11-29(26)40)34(45-37(48)49)46-18-23(6)47(38(50)51)19-22(46)5/h8-16,20-23H,17-19H2,1-7H3,(H,50,51)(H,41,43,44)/t22-,23+/m0/s1. The summed E-state index contributed by atoms with van der Waals surface area (Å²) < 4.78 is 22.0. The number of amides is 1. The molecule has 5 aromatic rings. The molecule has 1 saturated heterocycles. The molecule has 0 unspecified atom stereocenters. The van der Waals surface area contributed by atoms with Gasteiger partial charge in [0.15, 0.2) is 5.65 Å². The highest BCUT2D eigenvalue weighted by Crippen LogP contribution is 2.37. The molecule has 12 nitrogen and oxygen atoms in total. The van der Waals surface area contributed by atoms with Crippen molar-refractivity contribution in [1.82, 2.24) is 29.4 Å². The zero-order valence-corrected chi connectivity index (χ0v) is 30.9. The van der Waals surface area contributed by atoms with Crippen molar-refractivity contribution in [3.05, 3.63) is 92.9 Å². The number of nitrogens with zero attached hydrogens (tertiary/aromatic N) is 7. The number of halogens is 2. The minimum absolute atomic E-state index is 0.158. The van der Waals surface area contributed by atoms with E-state index in [0.29, 0.717) is 40.8 Å². The number of rotatable bonds is 9. The Morgan fingerprint density at radius 3 is 2.23 bits per heavy atom. The van der Waals surface area contributed by atoms with Crippen LogP contribution >= 0.6 is 11.6 Å². The van der Waals surface area contributed by atoms with Crippen molar-refractivity contribution >= 4 is 40.5 Å². The number of piperazine rings is 1. The summed E-state index contributed by atoms with van der Waals surface area (Å²) in [5, 5.41) is 13.7. The molecule has 2 atom stereocenters. The van der Waals surface area contributed by atoms with E-state index < -0.39 is 17.6 Å². The number of carbonyl (C=O) groups is 1. The van der Waals surface area contributed by atoms with Crippen molar-refractivity contribution in [3.63, 3.8) is 0 Å². The summed E-state index contributed by atoms with van der Waals surface area (Å²) in [5.41, 5.74) is 2.53. The number of ether oxygens (including phenoxy) is 1. The lowest BCUT2D eigenvalue weighted by molar-refractivity contribution is 0.114. The Hall–Kier alpha value is -5.30. The maximum atomic E-state index is 15.3. The molecule has 272 valence electrons. The van der Waals surface area contributed by atoms with Gasteiger partial charge in [0.05, 0.1) is 40.3 Å². The van der Waals surface area contributed by atoms with Crippen LogP contribution in [0.2, 0.25) is 5.02 Å². The molecular weight excluding hydrogens is 687 g/mol. The first-order valence-corrected chi connectivity index (χ1v) is 17.6. The van der Waals surface area contributed by atoms with Crippen molar-refractivity contribution < 1.29 is 19.0 Å². The molecule has 1 amide bonds. The Morgan fingerprint density at radius 1 is 0.981 bits per heavy atom. The van der Waals surface area contributed by atoms with Gasteiger partial charge in [0, 0.05) is 37.3 Å². The summed E-state index contributed by atoms with van der Waals surface area (Å²) in [6.45, 7) is 12.6. The number of benzene rings is 2. The van der Waals surface area contributed by atoms with Crippen molar-refractivity contribution in [3.8, 4) is 22.7 Å². The topological polar surface area (TPSA) is 139 Å². The van der Waals surface area contributed by atoms with E-state index in [9.17, 15) is 14.7 Å². The summed E-state index contributed by atoms with van der Waals surface area (Å²) in [6, 6.07) is 14.8. The van der Waals surface area contributed by atoms with E-state index >= 15 is 4.39 Å². The van der Waals surface area contributed by atoms with Gasteiger partial charge in [0.2, 0.25) is 5.95 Å². The van der Waals surface area contributed by atoms with Crippen LogP contribution in [0.5, 0.6) is 5.75 Å². The Bertz CT molecular complexity index is 2160. The second kappa shape index (κ2) is 14.7. The fraction of sp³-hybridized carbons (Fsp3) is 0.368. The summed E-state index contributed by atoms with van der Waals surface area (Å²) in [4.78, 5) is 49.3. The number of fused-ring (bicyclic) bond motifs is 1. The van der Waals surface area contributed by atoms with Crippen LogP contribution < -0.4 is 20.6 Å². The second-order valence-corrected chi connectivity index (χ2v) is 14.1. The lowest BCUT2D eigenvalue weighted by Gasteiger charge is -2.43. The third-order valence-electron chi connectivity index (χ3n) is 9.30. The van der Waals surface area contributed by atoms with E-state index in [1.807, 2.05) is 70.7 Å². The largest absolute Gasteiger partial charge is 0.497 e. The third-order valence-corrected chi connectivity index (χ3v) is 9.59. The van der Waals surface area contributed by atoms with E-state index in [1.165, 1.54) is 15.5 Å². The van der Waals surface area contributed by atoms with E-state index in [-0.39, 0.29) is 58.9 Å². The Morgan fingerprint density at radius 2 is 1.63 bits per heavy atom. The van der Waals surface area contributed by atoms with Gasteiger partial charge in [-0.2, -0.15) is 4.98 Å². The lowest BCUT2D eigenvalue weighted by atomic mass is 10.0. The number of carboxylic acid groups (broad SMARTS) is 1. The van der Waals surface area contributed by atoms with Crippen molar-refractivity contribution in [2.24, 2.45) is 0 Å². The first-order valence-electron chi connectivity index (χ1n) is 17.2. The van der Waals surface area contributed by atoms with Gasteiger partial charge in [-0.1, -0.05) is 63.6 Å². The van der Waals surface area contributed by atoms with E-state index in [4.69, 9.17) is 31.3 Å². The number of nitrogens with one attached hydrogen (secondary N) is 1. The summed E-state index contributed by atoms with van der Waals surface area (Å²) >= 11 is 6.89. The van der Waals surface area contributed by atoms with Crippen LogP contribution in [0, 0.1) is 5.82 Å². The van der Waals surface area contributed by atoms with E-state index in [2.05, 4.69) is 10.3 Å². The predicted octanol–water partition coefficient (Wildman–Crippen LogP) is 7.47. The van der Waals surface area contributed by atoms with Crippen molar-refractivity contribution in [1.29, 1.82) is 0 Å². The number of hydrogen-bond acceptors (Lipinski definition) is 9. The minimum Gasteiger partial charge on any atom is -0.497 e. The van der Waals surface area contributed by atoms with Gasteiger partial charge in [0.1, 0.15) is 17.4 Å². The van der Waals surface area contributed by atoms with Crippen molar-refractivity contribution in [2.75, 3.05) is 30.4 Å². The first kappa shape index (κ1) is 36.5. The van der Waals surface area contributed by atoms with E-state index in [1.54, 1.807) is 31.4 Å². The van der Waals surface area contributed by atoms with Gasteiger partial charge in [-0.3, -0.25) is 0 Å². The minimum atomic E-state index is -1.02. The predicted molar refractivity (Wildman–Crippen MR) is 201 cm³/mol. The molecule has 52 heavy (non-hydrogen) atoms. The zero-order valence-electron chi connectivity index (χ0n) is 30.2. The van der Waals surface area contributed by atoms with Crippen LogP contribution in [-0.4, -0.2) is 72.9 Å². The van der Waals surface area contributed by atoms with Crippen LogP contribution in [0.25, 0.3) is 28.0 Å². The fourth-order valence-corrected chi connectivity index (χ4v) is 6.84. The number of methoxy groups -OCH3 is 1. The average molecular weight is 729 g/mol. The molecule has 0 bridgehead atoms. The van der Waals surface area contributed by atoms with Crippen LogP contribution in [0.3, 0.4) is 0 Å². The molecule has 1 aliphatic heterocycles. The number of aromatic nitrogens is 5. The number of pyridine rings is 1. The highest BCUT2D eigenvalue weighted by molar-refractivity contribution is 6.33. The van der Waals surface area contributed by atoms with Gasteiger partial charge in [-0.05, 0) is 61.6 Å². The van der Waals surface area contributed by atoms with Gasteiger partial charge >= 0.3 is 11.8 Å². The SMILES string of the molecule is COc1ccc(CNc2nc(C(C)C)c(-n3c(=O)nc(N4C[C@@H](C)N(C(=O)O)C[C@@H]4C)c4cc(Cl)c(-c5ccccc5F)nc43)c(C(C)C)n2)cc1. The molecule has 0 saturated carbocycles. The average Bonchev–Trinajstić information content (AvgIpc) is 3.11. The molecule has 6 rings (SSSR count). The van der Waals surface area contributed by atoms with Gasteiger partial charge in [-0.15, -0.1) is 0 Å². The molecule has 4 heterocycles. The Kier molecular flexibility index (Phi) is 10.3. The lowest BCUT2D eigenvalue weighted by Crippen LogP contribution is -2.58. The second-order valence-electron chi connectivity index (χ2n) is 13.7. The monoisotopic (exact) mass is 728 g/mol. The van der Waals surface area contributed by atoms with Crippen LogP contribution in [0.1, 0.15) is 70.3 Å². The maximum absolute atomic E-state index is 15.3. The van der Waals surface area contributed by atoms with Crippen LogP contribution in [-0.2, 0) is 6.54 Å². The first-order chi connectivity index (χ1) is 24.8. The quantitative estimate of drug-likeness (QED) is 0.157. The van der Waals surface area contributed by atoms with Gasteiger partial charge in [-0.25, -0.2) is 33.5 Å². The fourth-order valence-electron chi connectivity index (χ4n) is 6.58. The molecular formula is C38H42ClFN8O4. The molecule has 0 aliphatic carbocycles. The summed E-state index contributed by atoms with van der Waals surface area (Å²) in [5.74, 6) is 0.615. The normalized spacial score (nSPS) is 16.2. The number of hydrogen-bond donors (Lipinski definition) is 2. The van der Waals surface area contributed by atoms with Crippen molar-refractivity contribution in [2.45, 2.75) is 72.0 Å². The Balaban J connectivity index is 1.59. The van der Waals surface area contributed by atoms with Gasteiger partial charge in [0.25, 0.3) is 0 Å². The summed E-state index contributed by atoms with van der Waals surface area (Å²) in [6.07, 6.45) is -1.02. The smallest absolute Gasteiger partial charge is 0.407 e. The Labute approximate surface area is 306 Å². The molecule has 3 aromatic heterocycles. The highest BCUT2D eigenvalue weighted by atomic mass is 35.5. The zero-order chi connectivity index (χ0) is 37.4. The third kappa shape index (κ3) is 6.97. The molecule has 2 N–H and O–H groups in total. The molecule has 2 aromatic carbocycles. The molecule has 0 spiro atoms. The highest BCUT2D eigenvalue weighted by Gasteiger charge is 2.35. The van der Waals surface area contributed by atoms with E-state index in [0.717, 1.165) is 11.3 Å².